The molecule has 0 saturated carbocycles. The zero-order chi connectivity index (χ0) is 9.14. The zero-order valence-electron chi connectivity index (χ0n) is 5.86. The lowest BCUT2D eigenvalue weighted by Gasteiger charge is -2.18. The smallest absolute Gasteiger partial charge is 0.216 e. The maximum Gasteiger partial charge on any atom is 0.216 e. The summed E-state index contributed by atoms with van der Waals surface area (Å²) in [4.78, 5) is 23.7. The Bertz CT molecular complexity index is 239. The van der Waals surface area contributed by atoms with Gasteiger partial charge in [-0.1, -0.05) is 10.0 Å². The van der Waals surface area contributed by atoms with Gasteiger partial charge in [0, 0.05) is 0 Å². The highest BCUT2D eigenvalue weighted by molar-refractivity contribution is 5.53. The summed E-state index contributed by atoms with van der Waals surface area (Å²) < 4.78 is 0. The Balaban J connectivity index is 2.63. The molecule has 66 valence electrons. The topological polar surface area (TPSA) is 105 Å². The summed E-state index contributed by atoms with van der Waals surface area (Å²) in [5.74, 6) is 0. The van der Waals surface area contributed by atoms with E-state index in [0.717, 1.165) is 6.34 Å². The molecule has 1 rings (SSSR count). The van der Waals surface area contributed by atoms with E-state index in [0.29, 0.717) is 10.0 Å². The molecule has 0 amide bonds. The van der Waals surface area contributed by atoms with Crippen LogP contribution in [-0.2, 0) is 0 Å². The lowest BCUT2D eigenvalue weighted by Crippen LogP contribution is -2.46. The Morgan fingerprint density at radius 2 is 2.00 bits per heavy atom. The standard InChI is InChI=1S/C3H5N5O4/c9-7(10)5-1-4-2-6(3-5)8(11)12/h1H,2-3H2. The maximum atomic E-state index is 10.1. The molecule has 0 fully saturated rings. The van der Waals surface area contributed by atoms with E-state index in [4.69, 9.17) is 0 Å². The average molecular weight is 175 g/mol. The minimum absolute atomic E-state index is 0.155. The molecule has 0 N–H and O–H groups in total. The molecule has 1 aliphatic heterocycles. The highest BCUT2D eigenvalue weighted by Gasteiger charge is 2.26. The number of hydrazine groups is 2. The molecule has 0 bridgehead atoms. The van der Waals surface area contributed by atoms with Crippen molar-refractivity contribution in [2.24, 2.45) is 4.99 Å². The summed E-state index contributed by atoms with van der Waals surface area (Å²) in [6.45, 7) is -0.541. The van der Waals surface area contributed by atoms with Crippen molar-refractivity contribution in [3.63, 3.8) is 0 Å². The zero-order valence-corrected chi connectivity index (χ0v) is 5.86. The Labute approximate surface area is 66.1 Å². The van der Waals surface area contributed by atoms with Crippen molar-refractivity contribution < 1.29 is 10.1 Å². The fourth-order valence-electron chi connectivity index (χ4n) is 0.671. The summed E-state index contributed by atoms with van der Waals surface area (Å²) in [7, 11) is 0. The van der Waals surface area contributed by atoms with Crippen LogP contribution >= 0.6 is 0 Å². The SMILES string of the molecule is O=[N+]([O-])N1C=NCN([N+](=O)[O-])C1. The summed E-state index contributed by atoms with van der Waals surface area (Å²) in [6.07, 6.45) is 0.958. The third-order valence-corrected chi connectivity index (χ3v) is 1.21. The molecule has 12 heavy (non-hydrogen) atoms. The number of rotatable bonds is 2. The molecule has 0 aromatic heterocycles. The third kappa shape index (κ3) is 1.56. The summed E-state index contributed by atoms with van der Waals surface area (Å²) >= 11 is 0. The second kappa shape index (κ2) is 2.98. The van der Waals surface area contributed by atoms with Crippen molar-refractivity contribution in [1.29, 1.82) is 0 Å². The molecule has 0 unspecified atom stereocenters. The van der Waals surface area contributed by atoms with Gasteiger partial charge in [-0.05, 0) is 0 Å². The summed E-state index contributed by atoms with van der Waals surface area (Å²) in [5, 5.41) is 19.9. The van der Waals surface area contributed by atoms with Crippen molar-refractivity contribution in [1.82, 2.24) is 10.0 Å². The minimum atomic E-state index is -0.765. The van der Waals surface area contributed by atoms with E-state index in [1.54, 1.807) is 0 Å². The molecule has 0 aromatic rings. The van der Waals surface area contributed by atoms with Crippen LogP contribution in [0.25, 0.3) is 0 Å². The number of hydrogen-bond donors (Lipinski definition) is 0. The van der Waals surface area contributed by atoms with E-state index >= 15 is 0 Å². The number of nitrogens with zero attached hydrogens (tertiary/aromatic N) is 5. The highest BCUT2D eigenvalue weighted by atomic mass is 16.7. The second-order valence-electron chi connectivity index (χ2n) is 2.00. The van der Waals surface area contributed by atoms with Crippen molar-refractivity contribution in [3.8, 4) is 0 Å². The van der Waals surface area contributed by atoms with Crippen LogP contribution in [0.1, 0.15) is 0 Å². The van der Waals surface area contributed by atoms with Gasteiger partial charge < -0.3 is 0 Å². The van der Waals surface area contributed by atoms with E-state index in [2.05, 4.69) is 4.99 Å². The second-order valence-corrected chi connectivity index (χ2v) is 2.00. The average Bonchev–Trinajstić information content (AvgIpc) is 2.04. The lowest BCUT2D eigenvalue weighted by molar-refractivity contribution is -0.700. The Kier molecular flexibility index (Phi) is 2.03. The monoisotopic (exact) mass is 175 g/mol. The first kappa shape index (κ1) is 8.17. The molecule has 9 nitrogen and oxygen atoms in total. The molecule has 0 spiro atoms. The van der Waals surface area contributed by atoms with Crippen LogP contribution in [-0.4, -0.2) is 39.8 Å². The third-order valence-electron chi connectivity index (χ3n) is 1.21. The summed E-state index contributed by atoms with van der Waals surface area (Å²) in [5.41, 5.74) is 0. The predicted molar refractivity (Wildman–Crippen MR) is 35.9 cm³/mol. The van der Waals surface area contributed by atoms with Gasteiger partial charge in [0.25, 0.3) is 0 Å². The normalized spacial score (nSPS) is 16.3. The van der Waals surface area contributed by atoms with E-state index < -0.39 is 10.1 Å². The fraction of sp³-hybridized carbons (Fsp3) is 0.667. The van der Waals surface area contributed by atoms with Crippen LogP contribution in [0, 0.1) is 20.2 Å². The van der Waals surface area contributed by atoms with Gasteiger partial charge in [-0.2, -0.15) is 0 Å². The van der Waals surface area contributed by atoms with Crippen LogP contribution in [0.15, 0.2) is 4.99 Å². The molecule has 1 aliphatic rings. The minimum Gasteiger partial charge on any atom is -0.242 e. The van der Waals surface area contributed by atoms with Gasteiger partial charge in [-0.15, -0.1) is 0 Å². The van der Waals surface area contributed by atoms with Crippen LogP contribution in [0.5, 0.6) is 0 Å². The molecule has 0 aliphatic carbocycles. The molecular weight excluding hydrogens is 170 g/mol. The number of aliphatic imine (C=N–C) groups is 1. The van der Waals surface area contributed by atoms with E-state index in [9.17, 15) is 20.2 Å². The number of nitro groups is 2. The van der Waals surface area contributed by atoms with Crippen LogP contribution in [0.4, 0.5) is 0 Å². The lowest BCUT2D eigenvalue weighted by atomic mass is 10.8. The molecule has 0 aromatic carbocycles. The van der Waals surface area contributed by atoms with Crippen molar-refractivity contribution >= 4 is 6.34 Å². The number of hydrogen-bond acceptors (Lipinski definition) is 5. The highest BCUT2D eigenvalue weighted by Crippen LogP contribution is 1.98. The summed E-state index contributed by atoms with van der Waals surface area (Å²) in [6, 6.07) is 0. The first-order chi connectivity index (χ1) is 5.61. The molecule has 0 atom stereocenters. The Morgan fingerprint density at radius 1 is 1.33 bits per heavy atom. The van der Waals surface area contributed by atoms with Gasteiger partial charge in [0.15, 0.2) is 23.1 Å². The molecule has 0 saturated heterocycles. The first-order valence-corrected chi connectivity index (χ1v) is 2.91. The van der Waals surface area contributed by atoms with Gasteiger partial charge in [0.1, 0.15) is 0 Å². The molecule has 9 heteroatoms. The Hall–Kier alpha value is -1.93. The van der Waals surface area contributed by atoms with E-state index in [1.165, 1.54) is 0 Å². The van der Waals surface area contributed by atoms with Crippen LogP contribution in [0.2, 0.25) is 0 Å². The van der Waals surface area contributed by atoms with Gasteiger partial charge in [-0.25, -0.2) is 25.2 Å². The van der Waals surface area contributed by atoms with Crippen molar-refractivity contribution in [2.45, 2.75) is 0 Å². The largest absolute Gasteiger partial charge is 0.242 e. The fourth-order valence-corrected chi connectivity index (χ4v) is 0.671. The predicted octanol–water partition coefficient (Wildman–Crippen LogP) is -1.07. The van der Waals surface area contributed by atoms with Gasteiger partial charge in [-0.3, -0.25) is 0 Å². The first-order valence-electron chi connectivity index (χ1n) is 2.91. The van der Waals surface area contributed by atoms with Crippen LogP contribution < -0.4 is 0 Å². The molecule has 0 radical (unpaired) electrons. The van der Waals surface area contributed by atoms with Gasteiger partial charge in [0.2, 0.25) is 6.67 Å². The van der Waals surface area contributed by atoms with Crippen molar-refractivity contribution in [2.75, 3.05) is 13.3 Å². The maximum absolute atomic E-state index is 10.1. The van der Waals surface area contributed by atoms with Crippen molar-refractivity contribution in [3.05, 3.63) is 20.2 Å². The van der Waals surface area contributed by atoms with E-state index in [1.807, 2.05) is 0 Å². The van der Waals surface area contributed by atoms with Gasteiger partial charge in [0.05, 0.1) is 0 Å². The van der Waals surface area contributed by atoms with E-state index in [-0.39, 0.29) is 13.3 Å². The van der Waals surface area contributed by atoms with Crippen LogP contribution in [0.3, 0.4) is 0 Å². The molecule has 1 heterocycles. The molecular formula is C3H5N5O4. The van der Waals surface area contributed by atoms with Gasteiger partial charge >= 0.3 is 0 Å². The quantitative estimate of drug-likeness (QED) is 0.390. The Morgan fingerprint density at radius 3 is 2.50 bits per heavy atom.